The molecule has 0 fully saturated rings. The molecule has 0 aliphatic carbocycles. The second-order valence-electron chi connectivity index (χ2n) is 4.97. The summed E-state index contributed by atoms with van der Waals surface area (Å²) >= 11 is 3.31. The molecule has 0 saturated heterocycles. The van der Waals surface area contributed by atoms with E-state index in [0.717, 1.165) is 21.7 Å². The van der Waals surface area contributed by atoms with Crippen LogP contribution in [0.5, 0.6) is 0 Å². The molecule has 116 valence electrons. The van der Waals surface area contributed by atoms with E-state index in [0.29, 0.717) is 12.1 Å². The standard InChI is InChI=1S/C18H16N2OS2/c1-22-16-4-2-14(3-5-16)18(21)20-11-13-6-8-19-17(10-13)15-7-9-23-12-15/h2-10,12H,11H2,1H3,(H,20,21). The van der Waals surface area contributed by atoms with E-state index in [1.165, 1.54) is 0 Å². The number of nitrogens with zero attached hydrogens (tertiary/aromatic N) is 1. The summed E-state index contributed by atoms with van der Waals surface area (Å²) in [6, 6.07) is 13.6. The van der Waals surface area contributed by atoms with Gasteiger partial charge in [-0.2, -0.15) is 11.3 Å². The molecule has 1 aromatic carbocycles. The van der Waals surface area contributed by atoms with E-state index in [1.807, 2.05) is 54.1 Å². The molecule has 0 radical (unpaired) electrons. The number of hydrogen-bond acceptors (Lipinski definition) is 4. The number of hydrogen-bond donors (Lipinski definition) is 1. The van der Waals surface area contributed by atoms with Crippen molar-refractivity contribution in [3.8, 4) is 11.3 Å². The van der Waals surface area contributed by atoms with Gasteiger partial charge >= 0.3 is 0 Å². The van der Waals surface area contributed by atoms with Crippen LogP contribution in [0.4, 0.5) is 0 Å². The number of carbonyl (C=O) groups is 1. The fourth-order valence-electron chi connectivity index (χ4n) is 2.18. The minimum absolute atomic E-state index is 0.0634. The molecule has 0 aliphatic heterocycles. The smallest absolute Gasteiger partial charge is 0.251 e. The molecule has 0 aliphatic rings. The molecule has 5 heteroatoms. The van der Waals surface area contributed by atoms with Crippen LogP contribution in [0.3, 0.4) is 0 Å². The van der Waals surface area contributed by atoms with E-state index in [4.69, 9.17) is 0 Å². The van der Waals surface area contributed by atoms with Gasteiger partial charge in [0.15, 0.2) is 0 Å². The fourth-order valence-corrected chi connectivity index (χ4v) is 3.24. The Labute approximate surface area is 143 Å². The third kappa shape index (κ3) is 4.00. The number of aromatic nitrogens is 1. The Morgan fingerprint density at radius 3 is 2.74 bits per heavy atom. The van der Waals surface area contributed by atoms with Crippen molar-refractivity contribution in [3.05, 3.63) is 70.5 Å². The average Bonchev–Trinajstić information content (AvgIpc) is 3.15. The van der Waals surface area contributed by atoms with Crippen LogP contribution in [-0.4, -0.2) is 17.1 Å². The molecule has 0 atom stereocenters. The maximum atomic E-state index is 12.2. The lowest BCUT2D eigenvalue weighted by atomic mass is 10.1. The van der Waals surface area contributed by atoms with Gasteiger partial charge in [-0.3, -0.25) is 9.78 Å². The Kier molecular flexibility index (Phi) is 5.10. The van der Waals surface area contributed by atoms with Crippen LogP contribution in [0.25, 0.3) is 11.3 Å². The van der Waals surface area contributed by atoms with E-state index < -0.39 is 0 Å². The number of rotatable bonds is 5. The molecule has 3 rings (SSSR count). The molecule has 2 aromatic heterocycles. The van der Waals surface area contributed by atoms with Crippen LogP contribution in [0.1, 0.15) is 15.9 Å². The van der Waals surface area contributed by atoms with Crippen molar-refractivity contribution in [2.75, 3.05) is 6.26 Å². The van der Waals surface area contributed by atoms with E-state index in [9.17, 15) is 4.79 Å². The Hall–Kier alpha value is -2.11. The van der Waals surface area contributed by atoms with Gasteiger partial charge in [0.25, 0.3) is 5.91 Å². The first-order valence-corrected chi connectivity index (χ1v) is 9.33. The van der Waals surface area contributed by atoms with Gasteiger partial charge < -0.3 is 5.32 Å². The number of thiophene rings is 1. The van der Waals surface area contributed by atoms with E-state index in [-0.39, 0.29) is 5.91 Å². The van der Waals surface area contributed by atoms with Gasteiger partial charge in [-0.25, -0.2) is 0 Å². The molecule has 1 N–H and O–H groups in total. The lowest BCUT2D eigenvalue weighted by Gasteiger charge is -2.07. The van der Waals surface area contributed by atoms with Crippen molar-refractivity contribution in [2.45, 2.75) is 11.4 Å². The van der Waals surface area contributed by atoms with Gasteiger partial charge in [0.1, 0.15) is 0 Å². The monoisotopic (exact) mass is 340 g/mol. The first-order chi connectivity index (χ1) is 11.3. The van der Waals surface area contributed by atoms with Crippen molar-refractivity contribution >= 4 is 29.0 Å². The van der Waals surface area contributed by atoms with Gasteiger partial charge in [-0.1, -0.05) is 0 Å². The zero-order valence-electron chi connectivity index (χ0n) is 12.7. The van der Waals surface area contributed by atoms with Crippen molar-refractivity contribution < 1.29 is 4.79 Å². The number of benzene rings is 1. The van der Waals surface area contributed by atoms with Crippen LogP contribution >= 0.6 is 23.1 Å². The third-order valence-electron chi connectivity index (χ3n) is 3.45. The van der Waals surface area contributed by atoms with Crippen molar-refractivity contribution in [1.29, 1.82) is 0 Å². The quantitative estimate of drug-likeness (QED) is 0.697. The van der Waals surface area contributed by atoms with Crippen molar-refractivity contribution in [2.24, 2.45) is 0 Å². The van der Waals surface area contributed by atoms with Gasteiger partial charge in [-0.05, 0) is 59.7 Å². The highest BCUT2D eigenvalue weighted by atomic mass is 32.2. The van der Waals surface area contributed by atoms with E-state index >= 15 is 0 Å². The Bertz CT molecular complexity index is 783. The minimum atomic E-state index is -0.0634. The predicted octanol–water partition coefficient (Wildman–Crippen LogP) is 4.46. The summed E-state index contributed by atoms with van der Waals surface area (Å²) in [4.78, 5) is 17.7. The summed E-state index contributed by atoms with van der Waals surface area (Å²) in [5, 5.41) is 7.05. The second-order valence-corrected chi connectivity index (χ2v) is 6.63. The molecule has 2 heterocycles. The predicted molar refractivity (Wildman–Crippen MR) is 96.9 cm³/mol. The van der Waals surface area contributed by atoms with Crippen molar-refractivity contribution in [3.63, 3.8) is 0 Å². The zero-order valence-corrected chi connectivity index (χ0v) is 14.3. The molecule has 1 amide bonds. The van der Waals surface area contributed by atoms with Crippen LogP contribution in [0.2, 0.25) is 0 Å². The molecule has 0 saturated carbocycles. The topological polar surface area (TPSA) is 42.0 Å². The highest BCUT2D eigenvalue weighted by molar-refractivity contribution is 7.98. The Morgan fingerprint density at radius 2 is 2.04 bits per heavy atom. The maximum Gasteiger partial charge on any atom is 0.251 e. The SMILES string of the molecule is CSc1ccc(C(=O)NCc2ccnc(-c3ccsc3)c2)cc1. The normalized spacial score (nSPS) is 10.5. The Morgan fingerprint density at radius 1 is 1.22 bits per heavy atom. The highest BCUT2D eigenvalue weighted by Gasteiger charge is 2.06. The Balaban J connectivity index is 1.65. The van der Waals surface area contributed by atoms with Crippen LogP contribution in [0.15, 0.2) is 64.3 Å². The van der Waals surface area contributed by atoms with Gasteiger partial charge in [0, 0.05) is 34.1 Å². The molecule has 0 spiro atoms. The second kappa shape index (κ2) is 7.44. The summed E-state index contributed by atoms with van der Waals surface area (Å²) < 4.78 is 0. The average molecular weight is 340 g/mol. The van der Waals surface area contributed by atoms with Crippen LogP contribution < -0.4 is 5.32 Å². The van der Waals surface area contributed by atoms with Crippen LogP contribution in [0, 0.1) is 0 Å². The summed E-state index contributed by atoms with van der Waals surface area (Å²) in [6.45, 7) is 0.489. The largest absolute Gasteiger partial charge is 0.348 e. The summed E-state index contributed by atoms with van der Waals surface area (Å²) in [6.07, 6.45) is 3.80. The first-order valence-electron chi connectivity index (χ1n) is 7.16. The summed E-state index contributed by atoms with van der Waals surface area (Å²) in [7, 11) is 0. The molecule has 23 heavy (non-hydrogen) atoms. The zero-order chi connectivity index (χ0) is 16.1. The number of nitrogens with one attached hydrogen (secondary N) is 1. The van der Waals surface area contributed by atoms with E-state index in [2.05, 4.69) is 15.7 Å². The number of carbonyl (C=O) groups excluding carboxylic acids is 1. The molecule has 3 aromatic rings. The molecule has 3 nitrogen and oxygen atoms in total. The number of thioether (sulfide) groups is 1. The van der Waals surface area contributed by atoms with Crippen LogP contribution in [-0.2, 0) is 6.54 Å². The lowest BCUT2D eigenvalue weighted by Crippen LogP contribution is -2.22. The first kappa shape index (κ1) is 15.8. The molecule has 0 bridgehead atoms. The number of pyridine rings is 1. The lowest BCUT2D eigenvalue weighted by molar-refractivity contribution is 0.0951. The fraction of sp³-hybridized carbons (Fsp3) is 0.111. The van der Waals surface area contributed by atoms with Gasteiger partial charge in [0.05, 0.1) is 5.69 Å². The molecule has 0 unspecified atom stereocenters. The minimum Gasteiger partial charge on any atom is -0.348 e. The van der Waals surface area contributed by atoms with Crippen molar-refractivity contribution in [1.82, 2.24) is 10.3 Å². The number of amides is 1. The van der Waals surface area contributed by atoms with Gasteiger partial charge in [-0.15, -0.1) is 11.8 Å². The third-order valence-corrected chi connectivity index (χ3v) is 4.87. The molecular weight excluding hydrogens is 324 g/mol. The molecular formula is C18H16N2OS2. The summed E-state index contributed by atoms with van der Waals surface area (Å²) in [5.74, 6) is -0.0634. The highest BCUT2D eigenvalue weighted by Crippen LogP contribution is 2.20. The van der Waals surface area contributed by atoms with E-state index in [1.54, 1.807) is 29.3 Å². The summed E-state index contributed by atoms with van der Waals surface area (Å²) in [5.41, 5.74) is 3.75. The van der Waals surface area contributed by atoms with Gasteiger partial charge in [0.2, 0.25) is 0 Å². The maximum absolute atomic E-state index is 12.2.